The van der Waals surface area contributed by atoms with Crippen LogP contribution in [0.15, 0.2) is 0 Å². The standard InChI is InChI=1S/C18H30N4O8/c1-8(2)13(21-15(26)10-5-4-6-19-10)16(27)22-14(9(3)23)17(28)20-11(18(29)30)7-12(24)25/h8-11,13-14,19,23H,4-7H2,1-3H3,(H,20,28)(H,21,26)(H,22,27)(H,24,25)(H,29,30). The topological polar surface area (TPSA) is 194 Å². The first-order chi connectivity index (χ1) is 13.9. The van der Waals surface area contributed by atoms with E-state index in [1.807, 2.05) is 5.32 Å². The molecule has 0 radical (unpaired) electrons. The Morgan fingerprint density at radius 1 is 0.967 bits per heavy atom. The van der Waals surface area contributed by atoms with Crippen LogP contribution in [0.2, 0.25) is 0 Å². The molecule has 12 heteroatoms. The average Bonchev–Trinajstić information content (AvgIpc) is 3.16. The van der Waals surface area contributed by atoms with Gasteiger partial charge in [-0.3, -0.25) is 19.2 Å². The number of aliphatic hydroxyl groups is 1. The maximum absolute atomic E-state index is 12.7. The predicted octanol–water partition coefficient (Wildman–Crippen LogP) is -2.21. The molecule has 0 spiro atoms. The number of hydrogen-bond donors (Lipinski definition) is 7. The van der Waals surface area contributed by atoms with E-state index < -0.39 is 60.4 Å². The fourth-order valence-corrected chi connectivity index (χ4v) is 2.98. The number of hydrogen-bond acceptors (Lipinski definition) is 7. The average molecular weight is 430 g/mol. The Kier molecular flexibility index (Phi) is 9.66. The highest BCUT2D eigenvalue weighted by atomic mass is 16.4. The monoisotopic (exact) mass is 430 g/mol. The molecule has 30 heavy (non-hydrogen) atoms. The van der Waals surface area contributed by atoms with E-state index in [-0.39, 0.29) is 11.8 Å². The highest BCUT2D eigenvalue weighted by Gasteiger charge is 2.34. The Morgan fingerprint density at radius 3 is 2.00 bits per heavy atom. The van der Waals surface area contributed by atoms with Gasteiger partial charge in [0.2, 0.25) is 17.7 Å². The normalized spacial score (nSPS) is 20.0. The zero-order valence-electron chi connectivity index (χ0n) is 17.2. The van der Waals surface area contributed by atoms with Crippen LogP contribution in [-0.2, 0) is 24.0 Å². The number of carbonyl (C=O) groups is 5. The lowest BCUT2D eigenvalue weighted by Gasteiger charge is -2.28. The fraction of sp³-hybridized carbons (Fsp3) is 0.722. The van der Waals surface area contributed by atoms with E-state index in [9.17, 15) is 29.1 Å². The van der Waals surface area contributed by atoms with Gasteiger partial charge in [-0.25, -0.2) is 4.79 Å². The SMILES string of the molecule is CC(C)C(NC(=O)C1CCCN1)C(=O)NC(C(=O)NC(CC(=O)O)C(=O)O)C(C)O. The zero-order valence-corrected chi connectivity index (χ0v) is 17.2. The molecule has 1 aliphatic heterocycles. The summed E-state index contributed by atoms with van der Waals surface area (Å²) in [5.74, 6) is -5.50. The predicted molar refractivity (Wildman–Crippen MR) is 103 cm³/mol. The molecule has 170 valence electrons. The second kappa shape index (κ2) is 11.5. The van der Waals surface area contributed by atoms with Crippen molar-refractivity contribution in [1.82, 2.24) is 21.3 Å². The quantitative estimate of drug-likeness (QED) is 0.190. The number of aliphatic carboxylic acids is 2. The second-order valence-corrected chi connectivity index (χ2v) is 7.60. The third-order valence-electron chi connectivity index (χ3n) is 4.68. The first-order valence-electron chi connectivity index (χ1n) is 9.71. The summed E-state index contributed by atoms with van der Waals surface area (Å²) in [7, 11) is 0. The Balaban J connectivity index is 2.85. The molecule has 5 atom stereocenters. The van der Waals surface area contributed by atoms with Gasteiger partial charge in [-0.1, -0.05) is 13.8 Å². The van der Waals surface area contributed by atoms with Crippen LogP contribution in [-0.4, -0.2) is 81.8 Å². The molecule has 0 bridgehead atoms. The number of rotatable bonds is 11. The van der Waals surface area contributed by atoms with Crippen LogP contribution in [0.3, 0.4) is 0 Å². The molecular weight excluding hydrogens is 400 g/mol. The van der Waals surface area contributed by atoms with Crippen molar-refractivity contribution in [2.24, 2.45) is 5.92 Å². The van der Waals surface area contributed by atoms with Crippen molar-refractivity contribution in [3.05, 3.63) is 0 Å². The van der Waals surface area contributed by atoms with Gasteiger partial charge in [0, 0.05) is 0 Å². The van der Waals surface area contributed by atoms with Gasteiger partial charge in [0.25, 0.3) is 0 Å². The Hall–Kier alpha value is -2.73. The van der Waals surface area contributed by atoms with Gasteiger partial charge in [-0.15, -0.1) is 0 Å². The summed E-state index contributed by atoms with van der Waals surface area (Å²) in [6.07, 6.45) is -0.812. The lowest BCUT2D eigenvalue weighted by atomic mass is 10.0. The van der Waals surface area contributed by atoms with Crippen LogP contribution < -0.4 is 21.3 Å². The largest absolute Gasteiger partial charge is 0.481 e. The van der Waals surface area contributed by atoms with Crippen LogP contribution in [0.4, 0.5) is 0 Å². The first-order valence-corrected chi connectivity index (χ1v) is 9.71. The van der Waals surface area contributed by atoms with E-state index in [0.29, 0.717) is 13.0 Å². The third-order valence-corrected chi connectivity index (χ3v) is 4.68. The first kappa shape index (κ1) is 25.3. The number of aliphatic hydroxyl groups excluding tert-OH is 1. The fourth-order valence-electron chi connectivity index (χ4n) is 2.98. The van der Waals surface area contributed by atoms with Crippen molar-refractivity contribution < 1.29 is 39.3 Å². The highest BCUT2D eigenvalue weighted by Crippen LogP contribution is 2.09. The van der Waals surface area contributed by atoms with Crippen molar-refractivity contribution in [3.8, 4) is 0 Å². The molecule has 1 rings (SSSR count). The van der Waals surface area contributed by atoms with Gasteiger partial charge >= 0.3 is 11.9 Å². The van der Waals surface area contributed by atoms with Crippen molar-refractivity contribution in [2.75, 3.05) is 6.54 Å². The maximum atomic E-state index is 12.7. The van der Waals surface area contributed by atoms with E-state index in [1.54, 1.807) is 13.8 Å². The van der Waals surface area contributed by atoms with Crippen molar-refractivity contribution in [1.29, 1.82) is 0 Å². The van der Waals surface area contributed by atoms with Crippen LogP contribution in [0.25, 0.3) is 0 Å². The second-order valence-electron chi connectivity index (χ2n) is 7.60. The minimum atomic E-state index is -1.73. The summed E-state index contributed by atoms with van der Waals surface area (Å²) >= 11 is 0. The molecule has 0 aromatic rings. The Bertz CT molecular complexity index is 661. The molecule has 1 saturated heterocycles. The van der Waals surface area contributed by atoms with E-state index in [2.05, 4.69) is 16.0 Å². The number of carbonyl (C=O) groups excluding carboxylic acids is 3. The van der Waals surface area contributed by atoms with Gasteiger partial charge in [0.05, 0.1) is 18.6 Å². The molecule has 1 heterocycles. The van der Waals surface area contributed by atoms with Crippen LogP contribution in [0, 0.1) is 5.92 Å². The van der Waals surface area contributed by atoms with Gasteiger partial charge in [0.1, 0.15) is 18.1 Å². The zero-order chi connectivity index (χ0) is 23.0. The summed E-state index contributed by atoms with van der Waals surface area (Å²) in [5, 5.41) is 37.7. The third kappa shape index (κ3) is 7.59. The molecular formula is C18H30N4O8. The van der Waals surface area contributed by atoms with Crippen molar-refractivity contribution in [2.45, 2.75) is 70.3 Å². The van der Waals surface area contributed by atoms with Gasteiger partial charge in [0.15, 0.2) is 0 Å². The van der Waals surface area contributed by atoms with Crippen LogP contribution in [0.1, 0.15) is 40.0 Å². The minimum Gasteiger partial charge on any atom is -0.481 e. The summed E-state index contributed by atoms with van der Waals surface area (Å²) in [4.78, 5) is 59.4. The van der Waals surface area contributed by atoms with Crippen molar-refractivity contribution in [3.63, 3.8) is 0 Å². The molecule has 12 nitrogen and oxygen atoms in total. The number of amides is 3. The van der Waals surface area contributed by atoms with E-state index >= 15 is 0 Å². The van der Waals surface area contributed by atoms with E-state index in [1.165, 1.54) is 6.92 Å². The van der Waals surface area contributed by atoms with Crippen molar-refractivity contribution >= 4 is 29.7 Å². The molecule has 7 N–H and O–H groups in total. The molecule has 1 fully saturated rings. The smallest absolute Gasteiger partial charge is 0.326 e. The number of carboxylic acids is 2. The van der Waals surface area contributed by atoms with Gasteiger partial charge in [-0.05, 0) is 32.2 Å². The molecule has 1 aliphatic rings. The molecule has 5 unspecified atom stereocenters. The van der Waals surface area contributed by atoms with Gasteiger partial charge in [-0.2, -0.15) is 0 Å². The summed E-state index contributed by atoms with van der Waals surface area (Å²) in [6.45, 7) is 5.29. The minimum absolute atomic E-state index is 0.341. The molecule has 0 aliphatic carbocycles. The van der Waals surface area contributed by atoms with Crippen LogP contribution in [0.5, 0.6) is 0 Å². The summed E-state index contributed by atoms with van der Waals surface area (Å²) < 4.78 is 0. The summed E-state index contributed by atoms with van der Waals surface area (Å²) in [6, 6.07) is -4.69. The Morgan fingerprint density at radius 2 is 1.57 bits per heavy atom. The van der Waals surface area contributed by atoms with Gasteiger partial charge < -0.3 is 36.6 Å². The lowest BCUT2D eigenvalue weighted by molar-refractivity contribution is -0.148. The Labute approximate surface area is 173 Å². The number of carboxylic acid groups (broad SMARTS) is 2. The summed E-state index contributed by atoms with van der Waals surface area (Å²) in [5.41, 5.74) is 0. The molecule has 3 amide bonds. The van der Waals surface area contributed by atoms with E-state index in [0.717, 1.165) is 6.42 Å². The molecule has 0 aromatic heterocycles. The highest BCUT2D eigenvalue weighted by molar-refractivity contribution is 5.95. The van der Waals surface area contributed by atoms with Crippen LogP contribution >= 0.6 is 0 Å². The van der Waals surface area contributed by atoms with E-state index in [4.69, 9.17) is 10.2 Å². The lowest BCUT2D eigenvalue weighted by Crippen LogP contribution is -2.60. The number of nitrogens with one attached hydrogen (secondary N) is 4. The maximum Gasteiger partial charge on any atom is 0.326 e. The molecule has 0 saturated carbocycles. The molecule has 0 aromatic carbocycles.